The van der Waals surface area contributed by atoms with E-state index >= 15 is 4.39 Å². The van der Waals surface area contributed by atoms with Crippen LogP contribution in [0.25, 0.3) is 10.8 Å². The van der Waals surface area contributed by atoms with Gasteiger partial charge in [0.1, 0.15) is 29.5 Å². The molecule has 3 aromatic rings. The number of ether oxygens (including phenoxy) is 1. The van der Waals surface area contributed by atoms with Crippen LogP contribution in [-0.2, 0) is 32.0 Å². The van der Waals surface area contributed by atoms with Crippen molar-refractivity contribution in [3.63, 3.8) is 0 Å². The third kappa shape index (κ3) is 5.04. The van der Waals surface area contributed by atoms with E-state index in [0.29, 0.717) is 11.2 Å². The van der Waals surface area contributed by atoms with Gasteiger partial charge in [-0.1, -0.05) is 12.1 Å². The van der Waals surface area contributed by atoms with E-state index in [1.54, 1.807) is 37.2 Å². The monoisotopic (exact) mass is 529 g/mol. The molecule has 1 aliphatic heterocycles. The first-order chi connectivity index (χ1) is 17.6. The molecule has 0 spiro atoms. The van der Waals surface area contributed by atoms with Gasteiger partial charge in [-0.25, -0.2) is 19.2 Å². The lowest BCUT2D eigenvalue weighted by atomic mass is 10.0. The van der Waals surface area contributed by atoms with Crippen molar-refractivity contribution in [3.8, 4) is 0 Å². The molecule has 1 unspecified atom stereocenters. The van der Waals surface area contributed by atoms with Crippen molar-refractivity contribution >= 4 is 51.2 Å². The van der Waals surface area contributed by atoms with Crippen molar-refractivity contribution in [2.75, 3.05) is 42.7 Å². The van der Waals surface area contributed by atoms with Crippen LogP contribution in [0.4, 0.5) is 21.7 Å². The number of methoxy groups -OCH3 is 1. The van der Waals surface area contributed by atoms with Crippen LogP contribution in [0, 0.1) is 5.82 Å². The zero-order valence-corrected chi connectivity index (χ0v) is 21.3. The number of aromatic nitrogens is 2. The lowest BCUT2D eigenvalue weighted by molar-refractivity contribution is -0.151. The second kappa shape index (κ2) is 10.6. The highest BCUT2D eigenvalue weighted by Crippen LogP contribution is 2.30. The number of pyridine rings is 2. The van der Waals surface area contributed by atoms with Gasteiger partial charge in [0.15, 0.2) is 0 Å². The van der Waals surface area contributed by atoms with E-state index in [1.807, 2.05) is 0 Å². The molecule has 1 aliphatic rings. The summed E-state index contributed by atoms with van der Waals surface area (Å²) >= 11 is -2.79. The number of nitrogen functional groups attached to an aromatic ring is 1. The molecule has 3 heterocycles. The van der Waals surface area contributed by atoms with E-state index in [-0.39, 0.29) is 41.8 Å². The minimum Gasteiger partial charge on any atom is -0.755 e. The summed E-state index contributed by atoms with van der Waals surface area (Å²) in [5, 5.41) is 0.666. The molecular weight excluding hydrogens is 503 g/mol. The summed E-state index contributed by atoms with van der Waals surface area (Å²) < 4.78 is 45.5. The third-order valence-corrected chi connectivity index (χ3v) is 7.14. The number of benzene rings is 1. The highest BCUT2D eigenvalue weighted by molar-refractivity contribution is 7.80. The number of rotatable bonds is 8. The molecule has 1 fully saturated rings. The Morgan fingerprint density at radius 1 is 1.27 bits per heavy atom. The van der Waals surface area contributed by atoms with Crippen molar-refractivity contribution in [2.45, 2.75) is 24.9 Å². The number of halogens is 1. The predicted octanol–water partition coefficient (Wildman–Crippen LogP) is 1.40. The standard InChI is InChI=1S/C24H27FN6O5S/c1-29(2)20-7-5-15(13-28-20)31(37(34)35)18-9-11-30(23(18)32)19(24(33)36-3)12-14-4-6-17-16(21(14)25)8-10-27-22(17)26/h4-8,10,13,18-19H,9,11-12H2,1-3H3,(H2,26,27)(H,34,35)/p-1/t18-,19+/m0/s1. The Bertz CT molecular complexity index is 1360. The SMILES string of the molecule is COC(=O)[C@@H](Cc1ccc2c(N)nccc2c1F)N1CC[C@H](N(c2ccc(N(C)C)nc2)S(=O)[O-])C1=O. The fourth-order valence-corrected chi connectivity index (χ4v) is 5.15. The fourth-order valence-electron chi connectivity index (χ4n) is 4.47. The maximum Gasteiger partial charge on any atom is 0.328 e. The van der Waals surface area contributed by atoms with Crippen molar-refractivity contribution in [1.82, 2.24) is 14.9 Å². The van der Waals surface area contributed by atoms with Gasteiger partial charge in [-0.2, -0.15) is 0 Å². The van der Waals surface area contributed by atoms with Gasteiger partial charge in [0.25, 0.3) is 0 Å². The molecule has 196 valence electrons. The normalized spacial score (nSPS) is 17.1. The lowest BCUT2D eigenvalue weighted by Gasteiger charge is -2.32. The summed E-state index contributed by atoms with van der Waals surface area (Å²) in [4.78, 5) is 37.4. The van der Waals surface area contributed by atoms with Gasteiger partial charge in [0, 0.05) is 55.3 Å². The van der Waals surface area contributed by atoms with Crippen LogP contribution in [0.3, 0.4) is 0 Å². The summed E-state index contributed by atoms with van der Waals surface area (Å²) in [7, 11) is 4.76. The summed E-state index contributed by atoms with van der Waals surface area (Å²) in [6.45, 7) is 0.0756. The van der Waals surface area contributed by atoms with Crippen molar-refractivity contribution in [1.29, 1.82) is 0 Å². The number of amides is 1. The van der Waals surface area contributed by atoms with Gasteiger partial charge >= 0.3 is 5.97 Å². The molecule has 4 rings (SSSR count). The number of nitrogens with two attached hydrogens (primary N) is 1. The first-order valence-corrected chi connectivity index (χ1v) is 12.4. The molecule has 1 saturated heterocycles. The molecule has 2 N–H and O–H groups in total. The van der Waals surface area contributed by atoms with Crippen LogP contribution in [0.1, 0.15) is 12.0 Å². The highest BCUT2D eigenvalue weighted by Gasteiger charge is 2.43. The molecule has 37 heavy (non-hydrogen) atoms. The van der Waals surface area contributed by atoms with E-state index in [9.17, 15) is 18.4 Å². The molecule has 0 aliphatic carbocycles. The maximum atomic E-state index is 15.3. The second-order valence-electron chi connectivity index (χ2n) is 8.72. The number of hydrogen-bond acceptors (Lipinski definition) is 9. The molecule has 0 bridgehead atoms. The molecule has 0 radical (unpaired) electrons. The predicted molar refractivity (Wildman–Crippen MR) is 136 cm³/mol. The van der Waals surface area contributed by atoms with Crippen LogP contribution in [0.15, 0.2) is 42.7 Å². The molecule has 2 aromatic heterocycles. The Morgan fingerprint density at radius 3 is 2.65 bits per heavy atom. The molecule has 1 aromatic carbocycles. The lowest BCUT2D eigenvalue weighted by Crippen LogP contribution is -2.49. The second-order valence-corrected chi connectivity index (χ2v) is 9.55. The van der Waals surface area contributed by atoms with Crippen LogP contribution >= 0.6 is 0 Å². The van der Waals surface area contributed by atoms with Crippen LogP contribution in [-0.4, -0.2) is 75.3 Å². The zero-order valence-electron chi connectivity index (χ0n) is 20.5. The maximum absolute atomic E-state index is 15.3. The van der Waals surface area contributed by atoms with E-state index in [0.717, 1.165) is 4.31 Å². The summed E-state index contributed by atoms with van der Waals surface area (Å²) in [5.74, 6) is -1.14. The van der Waals surface area contributed by atoms with E-state index in [2.05, 4.69) is 9.97 Å². The average molecular weight is 530 g/mol. The topological polar surface area (TPSA) is 145 Å². The molecule has 0 saturated carbocycles. The van der Waals surface area contributed by atoms with Crippen molar-refractivity contribution < 1.29 is 27.5 Å². The fraction of sp³-hybridized carbons (Fsp3) is 0.333. The number of likely N-dealkylation sites (tertiary alicyclic amines) is 1. The quantitative estimate of drug-likeness (QED) is 0.338. The molecular formula is C24H26FN6O5S-. The van der Waals surface area contributed by atoms with Crippen molar-refractivity contribution in [2.24, 2.45) is 0 Å². The number of anilines is 3. The molecule has 11 nitrogen and oxygen atoms in total. The highest BCUT2D eigenvalue weighted by atomic mass is 32.2. The summed E-state index contributed by atoms with van der Waals surface area (Å²) in [6, 6.07) is 5.50. The first kappa shape index (κ1) is 26.2. The van der Waals surface area contributed by atoms with E-state index in [1.165, 1.54) is 36.5 Å². The Morgan fingerprint density at radius 2 is 2.03 bits per heavy atom. The van der Waals surface area contributed by atoms with E-state index < -0.39 is 41.0 Å². The number of esters is 1. The molecule has 1 amide bonds. The number of hydrogen-bond donors (Lipinski definition) is 1. The van der Waals surface area contributed by atoms with Crippen LogP contribution in [0.2, 0.25) is 0 Å². The number of carbonyl (C=O) groups excluding carboxylic acids is 2. The van der Waals surface area contributed by atoms with Gasteiger partial charge in [-0.15, -0.1) is 0 Å². The van der Waals surface area contributed by atoms with Crippen molar-refractivity contribution in [3.05, 3.63) is 54.1 Å². The number of carbonyl (C=O) groups is 2. The third-order valence-electron chi connectivity index (χ3n) is 6.35. The Labute approximate surface area is 215 Å². The Hall–Kier alpha value is -3.84. The van der Waals surface area contributed by atoms with Crippen LogP contribution in [0.5, 0.6) is 0 Å². The minimum atomic E-state index is -2.79. The molecule has 3 atom stereocenters. The van der Waals surface area contributed by atoms with Gasteiger partial charge in [-0.3, -0.25) is 13.3 Å². The minimum absolute atomic E-state index is 0.0756. The molecule has 13 heteroatoms. The van der Waals surface area contributed by atoms with Gasteiger partial charge < -0.3 is 24.8 Å². The number of nitrogens with zero attached hydrogens (tertiary/aromatic N) is 5. The number of fused-ring (bicyclic) bond motifs is 1. The zero-order chi connectivity index (χ0) is 26.9. The van der Waals surface area contributed by atoms with Gasteiger partial charge in [-0.05, 0) is 30.2 Å². The first-order valence-electron chi connectivity index (χ1n) is 11.4. The Kier molecular flexibility index (Phi) is 7.55. The average Bonchev–Trinajstić information content (AvgIpc) is 3.24. The van der Waals surface area contributed by atoms with Gasteiger partial charge in [0.05, 0.1) is 19.0 Å². The van der Waals surface area contributed by atoms with Crippen LogP contribution < -0.4 is 14.9 Å². The van der Waals surface area contributed by atoms with Gasteiger partial charge in [0.2, 0.25) is 5.91 Å². The summed E-state index contributed by atoms with van der Waals surface area (Å²) in [5.41, 5.74) is 6.22. The van der Waals surface area contributed by atoms with E-state index in [4.69, 9.17) is 10.5 Å². The summed E-state index contributed by atoms with van der Waals surface area (Å²) in [6.07, 6.45) is 2.70. The largest absolute Gasteiger partial charge is 0.755 e. The Balaban J connectivity index is 1.63. The smallest absolute Gasteiger partial charge is 0.328 e.